The summed E-state index contributed by atoms with van der Waals surface area (Å²) >= 11 is 1.75. The summed E-state index contributed by atoms with van der Waals surface area (Å²) in [4.78, 5) is 2.17. The molecule has 7 heteroatoms. The molecule has 0 aromatic carbocycles. The molecule has 0 aromatic rings. The average Bonchev–Trinajstić information content (AvgIpc) is 2.87. The van der Waals surface area contributed by atoms with Crippen molar-refractivity contribution in [3.63, 3.8) is 0 Å². The molecule has 0 saturated carbocycles. The quantitative estimate of drug-likeness (QED) is 0.765. The fourth-order valence-electron chi connectivity index (χ4n) is 2.91. The monoisotopic (exact) mass is 322 g/mol. The van der Waals surface area contributed by atoms with E-state index in [0.717, 1.165) is 38.6 Å². The molecule has 2 heterocycles. The van der Waals surface area contributed by atoms with Crippen LogP contribution in [0.15, 0.2) is 0 Å². The van der Waals surface area contributed by atoms with E-state index in [1.54, 1.807) is 18.7 Å². The second-order valence-electron chi connectivity index (χ2n) is 5.44. The number of hydrogen-bond donors (Lipinski definition) is 1. The molecule has 2 aliphatic rings. The number of sulfone groups is 1. The second-order valence-corrected chi connectivity index (χ2v) is 9.03. The van der Waals surface area contributed by atoms with Crippen LogP contribution in [0, 0.1) is 5.92 Å². The van der Waals surface area contributed by atoms with Crippen molar-refractivity contribution in [3.8, 4) is 0 Å². The first-order valence-electron chi connectivity index (χ1n) is 7.43. The summed E-state index contributed by atoms with van der Waals surface area (Å²) in [5, 5.41) is 3.13. The fraction of sp³-hybridized carbons (Fsp3) is 1.00. The van der Waals surface area contributed by atoms with Gasteiger partial charge in [0, 0.05) is 42.3 Å². The van der Waals surface area contributed by atoms with E-state index in [1.165, 1.54) is 0 Å². The SMILES string of the molecule is CCNC1COCC1CN1CCSCC1S(=O)(=O)CC. The van der Waals surface area contributed by atoms with Crippen LogP contribution in [0.3, 0.4) is 0 Å². The lowest BCUT2D eigenvalue weighted by Gasteiger charge is -2.37. The molecule has 1 N–H and O–H groups in total. The molecule has 3 unspecified atom stereocenters. The van der Waals surface area contributed by atoms with Crippen LogP contribution in [0.5, 0.6) is 0 Å². The number of nitrogens with zero attached hydrogens (tertiary/aromatic N) is 1. The van der Waals surface area contributed by atoms with Crippen molar-refractivity contribution in [2.45, 2.75) is 25.3 Å². The maximum Gasteiger partial charge on any atom is 0.166 e. The Labute approximate surface area is 126 Å². The lowest BCUT2D eigenvalue weighted by Crippen LogP contribution is -2.51. The third-order valence-corrected chi connectivity index (χ3v) is 7.47. The number of thioether (sulfide) groups is 1. The lowest BCUT2D eigenvalue weighted by molar-refractivity contribution is 0.165. The first-order valence-corrected chi connectivity index (χ1v) is 10.3. The topological polar surface area (TPSA) is 58.6 Å². The minimum atomic E-state index is -3.00. The third-order valence-electron chi connectivity index (χ3n) is 4.14. The minimum Gasteiger partial charge on any atom is -0.379 e. The standard InChI is InChI=1S/C13H26N2O3S2/c1-3-14-12-9-18-8-11(12)7-15-5-6-19-10-13(15)20(16,17)4-2/h11-14H,3-10H2,1-2H3. The van der Waals surface area contributed by atoms with Crippen LogP contribution in [-0.4, -0.2) is 74.8 Å². The largest absolute Gasteiger partial charge is 0.379 e. The molecule has 0 spiro atoms. The van der Waals surface area contributed by atoms with Gasteiger partial charge in [0.15, 0.2) is 9.84 Å². The van der Waals surface area contributed by atoms with Gasteiger partial charge in [-0.3, -0.25) is 4.90 Å². The molecule has 5 nitrogen and oxygen atoms in total. The van der Waals surface area contributed by atoms with Crippen LogP contribution < -0.4 is 5.32 Å². The maximum atomic E-state index is 12.2. The summed E-state index contributed by atoms with van der Waals surface area (Å²) in [6.45, 7) is 7.93. The number of rotatable bonds is 6. The van der Waals surface area contributed by atoms with Gasteiger partial charge in [-0.2, -0.15) is 11.8 Å². The van der Waals surface area contributed by atoms with Gasteiger partial charge in [0.05, 0.1) is 13.2 Å². The van der Waals surface area contributed by atoms with Crippen molar-refractivity contribution in [1.29, 1.82) is 0 Å². The van der Waals surface area contributed by atoms with Gasteiger partial charge in [0.2, 0.25) is 0 Å². The Kier molecular flexibility index (Phi) is 6.16. The summed E-state index contributed by atoms with van der Waals surface area (Å²) in [7, 11) is -3.00. The van der Waals surface area contributed by atoms with Crippen molar-refractivity contribution < 1.29 is 13.2 Å². The van der Waals surface area contributed by atoms with Crippen molar-refractivity contribution in [3.05, 3.63) is 0 Å². The summed E-state index contributed by atoms with van der Waals surface area (Å²) < 4.78 is 30.1. The van der Waals surface area contributed by atoms with Crippen LogP contribution in [0.1, 0.15) is 13.8 Å². The molecule has 0 aliphatic carbocycles. The van der Waals surface area contributed by atoms with Gasteiger partial charge in [0.25, 0.3) is 0 Å². The molecule has 2 aliphatic heterocycles. The molecule has 118 valence electrons. The lowest BCUT2D eigenvalue weighted by atomic mass is 10.0. The van der Waals surface area contributed by atoms with Gasteiger partial charge >= 0.3 is 0 Å². The molecular formula is C13H26N2O3S2. The molecule has 20 heavy (non-hydrogen) atoms. The Balaban J connectivity index is 2.02. The first-order chi connectivity index (χ1) is 9.58. The Morgan fingerprint density at radius 1 is 1.35 bits per heavy atom. The molecule has 3 atom stereocenters. The van der Waals surface area contributed by atoms with Gasteiger partial charge in [-0.1, -0.05) is 13.8 Å². The van der Waals surface area contributed by atoms with Gasteiger partial charge in [0.1, 0.15) is 5.37 Å². The molecule has 2 saturated heterocycles. The van der Waals surface area contributed by atoms with Crippen molar-refractivity contribution >= 4 is 21.6 Å². The summed E-state index contributed by atoms with van der Waals surface area (Å²) in [5.74, 6) is 2.35. The Morgan fingerprint density at radius 2 is 2.15 bits per heavy atom. The van der Waals surface area contributed by atoms with Gasteiger partial charge in [-0.05, 0) is 6.54 Å². The van der Waals surface area contributed by atoms with E-state index in [9.17, 15) is 8.42 Å². The Hall–Kier alpha value is 0.180. The maximum absolute atomic E-state index is 12.2. The highest BCUT2D eigenvalue weighted by Gasteiger charge is 2.37. The zero-order valence-corrected chi connectivity index (χ0v) is 14.0. The summed E-state index contributed by atoms with van der Waals surface area (Å²) in [6, 6.07) is 0.361. The Bertz CT molecular complexity index is 402. The molecule has 2 fully saturated rings. The fourth-order valence-corrected chi connectivity index (χ4v) is 6.01. The number of hydrogen-bond acceptors (Lipinski definition) is 6. The number of likely N-dealkylation sites (N-methyl/N-ethyl adjacent to an activating group) is 1. The van der Waals surface area contributed by atoms with Crippen LogP contribution in [0.4, 0.5) is 0 Å². The van der Waals surface area contributed by atoms with E-state index in [-0.39, 0.29) is 11.1 Å². The van der Waals surface area contributed by atoms with Crippen LogP contribution in [0.25, 0.3) is 0 Å². The highest BCUT2D eigenvalue weighted by molar-refractivity contribution is 8.01. The van der Waals surface area contributed by atoms with Crippen molar-refractivity contribution in [1.82, 2.24) is 10.2 Å². The van der Waals surface area contributed by atoms with E-state index < -0.39 is 9.84 Å². The Morgan fingerprint density at radius 3 is 2.85 bits per heavy atom. The van der Waals surface area contributed by atoms with Crippen molar-refractivity contribution in [2.24, 2.45) is 5.92 Å². The number of nitrogens with one attached hydrogen (secondary N) is 1. The third kappa shape index (κ3) is 3.88. The first kappa shape index (κ1) is 16.5. The smallest absolute Gasteiger partial charge is 0.166 e. The van der Waals surface area contributed by atoms with Gasteiger partial charge < -0.3 is 10.1 Å². The zero-order valence-electron chi connectivity index (χ0n) is 12.4. The predicted octanol–water partition coefficient (Wildman–Crippen LogP) is 0.421. The van der Waals surface area contributed by atoms with E-state index >= 15 is 0 Å². The van der Waals surface area contributed by atoms with Crippen LogP contribution in [0.2, 0.25) is 0 Å². The zero-order chi connectivity index (χ0) is 14.6. The molecule has 0 amide bonds. The molecule has 0 aromatic heterocycles. The van der Waals surface area contributed by atoms with Crippen molar-refractivity contribution in [2.75, 3.05) is 50.1 Å². The van der Waals surface area contributed by atoms with E-state index in [2.05, 4.69) is 17.1 Å². The molecule has 0 radical (unpaired) electrons. The van der Waals surface area contributed by atoms with Crippen LogP contribution >= 0.6 is 11.8 Å². The molecule has 2 rings (SSSR count). The van der Waals surface area contributed by atoms with E-state index in [1.807, 2.05) is 0 Å². The number of ether oxygens (including phenoxy) is 1. The highest BCUT2D eigenvalue weighted by Crippen LogP contribution is 2.24. The molecule has 0 bridgehead atoms. The van der Waals surface area contributed by atoms with E-state index in [4.69, 9.17) is 4.74 Å². The van der Waals surface area contributed by atoms with Crippen LogP contribution in [-0.2, 0) is 14.6 Å². The van der Waals surface area contributed by atoms with Gasteiger partial charge in [-0.25, -0.2) is 8.42 Å². The molecular weight excluding hydrogens is 296 g/mol. The summed E-state index contributed by atoms with van der Waals surface area (Å²) in [6.07, 6.45) is 0. The highest BCUT2D eigenvalue weighted by atomic mass is 32.2. The predicted molar refractivity (Wildman–Crippen MR) is 83.9 cm³/mol. The van der Waals surface area contributed by atoms with Gasteiger partial charge in [-0.15, -0.1) is 0 Å². The summed E-state index contributed by atoms with van der Waals surface area (Å²) in [5.41, 5.74) is 0. The van der Waals surface area contributed by atoms with E-state index in [0.29, 0.717) is 17.7 Å². The second kappa shape index (κ2) is 7.45. The average molecular weight is 322 g/mol. The minimum absolute atomic E-state index is 0.229. The normalized spacial score (nSPS) is 32.6.